The fourth-order valence-electron chi connectivity index (χ4n) is 3.80. The molecular weight excluding hydrogens is 420 g/mol. The molecule has 5 nitrogen and oxygen atoms in total. The number of rotatable bonds is 8. The molecule has 1 aromatic heterocycles. The molecule has 0 fully saturated rings. The molecule has 1 N–H and O–H groups in total. The second kappa shape index (κ2) is 10.7. The van der Waals surface area contributed by atoms with Crippen LogP contribution >= 0.6 is 0 Å². The van der Waals surface area contributed by atoms with Crippen molar-refractivity contribution in [3.63, 3.8) is 0 Å². The summed E-state index contributed by atoms with van der Waals surface area (Å²) in [6.07, 6.45) is 0. The molecule has 3 aromatic carbocycles. The van der Waals surface area contributed by atoms with Crippen LogP contribution in [-0.4, -0.2) is 25.0 Å². The average Bonchev–Trinajstić information content (AvgIpc) is 2.86. The lowest BCUT2D eigenvalue weighted by Gasteiger charge is -2.25. The predicted octanol–water partition coefficient (Wildman–Crippen LogP) is 5.92. The van der Waals surface area contributed by atoms with E-state index in [4.69, 9.17) is 4.98 Å². The first kappa shape index (κ1) is 23.1. The van der Waals surface area contributed by atoms with Crippen molar-refractivity contribution in [3.05, 3.63) is 119 Å². The molecule has 0 unspecified atom stereocenters. The third kappa shape index (κ3) is 5.81. The van der Waals surface area contributed by atoms with E-state index in [-0.39, 0.29) is 5.91 Å². The predicted molar refractivity (Wildman–Crippen MR) is 140 cm³/mol. The first-order valence-corrected chi connectivity index (χ1v) is 11.4. The molecular formula is C29H30N4O. The van der Waals surface area contributed by atoms with Gasteiger partial charge in [0, 0.05) is 38.4 Å². The lowest BCUT2D eigenvalue weighted by molar-refractivity contribution is 0.102. The van der Waals surface area contributed by atoms with Crippen molar-refractivity contribution in [1.82, 2.24) is 4.98 Å². The number of benzene rings is 3. The molecule has 4 rings (SSSR count). The van der Waals surface area contributed by atoms with Gasteiger partial charge in [-0.15, -0.1) is 0 Å². The third-order valence-electron chi connectivity index (χ3n) is 5.70. The Balaban J connectivity index is 1.56. The Hall–Kier alpha value is -4.12. The minimum absolute atomic E-state index is 0.147. The van der Waals surface area contributed by atoms with Crippen LogP contribution in [0.3, 0.4) is 0 Å². The number of nitrogens with zero attached hydrogens (tertiary/aromatic N) is 3. The first-order chi connectivity index (χ1) is 16.5. The van der Waals surface area contributed by atoms with Crippen LogP contribution in [0.15, 0.2) is 97.1 Å². The van der Waals surface area contributed by atoms with E-state index in [1.165, 1.54) is 11.1 Å². The highest BCUT2D eigenvalue weighted by atomic mass is 16.1. The summed E-state index contributed by atoms with van der Waals surface area (Å²) in [4.78, 5) is 22.0. The molecule has 0 saturated heterocycles. The molecule has 0 aliphatic rings. The van der Waals surface area contributed by atoms with Gasteiger partial charge in [-0.05, 0) is 48.4 Å². The van der Waals surface area contributed by atoms with Gasteiger partial charge in [0.15, 0.2) is 0 Å². The molecule has 0 atom stereocenters. The zero-order valence-electron chi connectivity index (χ0n) is 19.9. The summed E-state index contributed by atoms with van der Waals surface area (Å²) in [5, 5.41) is 3.02. The topological polar surface area (TPSA) is 48.5 Å². The minimum Gasteiger partial charge on any atom is -0.378 e. The van der Waals surface area contributed by atoms with Gasteiger partial charge >= 0.3 is 0 Å². The van der Waals surface area contributed by atoms with Gasteiger partial charge in [-0.1, -0.05) is 66.7 Å². The van der Waals surface area contributed by atoms with E-state index in [0.29, 0.717) is 11.3 Å². The molecule has 172 valence electrons. The van der Waals surface area contributed by atoms with Crippen LogP contribution in [0.5, 0.6) is 0 Å². The summed E-state index contributed by atoms with van der Waals surface area (Å²) in [7, 11) is 3.92. The number of pyridine rings is 1. The van der Waals surface area contributed by atoms with Crippen LogP contribution in [0.2, 0.25) is 0 Å². The summed E-state index contributed by atoms with van der Waals surface area (Å²) in [6, 6.07) is 32.3. The van der Waals surface area contributed by atoms with Gasteiger partial charge in [-0.2, -0.15) is 0 Å². The summed E-state index contributed by atoms with van der Waals surface area (Å²) in [5.74, 6) is 0.726. The summed E-state index contributed by atoms with van der Waals surface area (Å²) >= 11 is 0. The molecule has 0 aliphatic heterocycles. The van der Waals surface area contributed by atoms with Crippen molar-refractivity contribution in [2.45, 2.75) is 20.0 Å². The van der Waals surface area contributed by atoms with E-state index >= 15 is 0 Å². The van der Waals surface area contributed by atoms with Crippen molar-refractivity contribution >= 4 is 23.1 Å². The number of carbonyl (C=O) groups is 1. The second-order valence-corrected chi connectivity index (χ2v) is 8.53. The normalized spacial score (nSPS) is 10.6. The monoisotopic (exact) mass is 450 g/mol. The maximum atomic E-state index is 12.9. The Labute approximate surface area is 201 Å². The van der Waals surface area contributed by atoms with Gasteiger partial charge in [-0.3, -0.25) is 4.79 Å². The van der Waals surface area contributed by atoms with Gasteiger partial charge in [0.1, 0.15) is 5.82 Å². The Morgan fingerprint density at radius 2 is 1.41 bits per heavy atom. The highest BCUT2D eigenvalue weighted by molar-refractivity contribution is 6.05. The zero-order valence-corrected chi connectivity index (χ0v) is 19.9. The number of hydrogen-bond acceptors (Lipinski definition) is 4. The van der Waals surface area contributed by atoms with Gasteiger partial charge in [0.2, 0.25) is 0 Å². The average molecular weight is 451 g/mol. The number of nitrogens with one attached hydrogen (secondary N) is 1. The Morgan fingerprint density at radius 1 is 0.794 bits per heavy atom. The van der Waals surface area contributed by atoms with Gasteiger partial charge in [0.25, 0.3) is 5.91 Å². The molecule has 5 heteroatoms. The Bertz CT molecular complexity index is 1200. The lowest BCUT2D eigenvalue weighted by Crippen LogP contribution is -2.23. The summed E-state index contributed by atoms with van der Waals surface area (Å²) in [6.45, 7) is 3.41. The van der Waals surface area contributed by atoms with Crippen LogP contribution in [0.25, 0.3) is 0 Å². The minimum atomic E-state index is -0.147. The standard InChI is InChI=1S/C29H30N4O/c1-22-27(31-29(34)25-15-10-16-26(19-25)32(2)3)17-18-28(30-22)33(20-23-11-6-4-7-12-23)21-24-13-8-5-9-14-24/h4-19H,20-21H2,1-3H3,(H,31,34). The van der Waals surface area contributed by atoms with Crippen molar-refractivity contribution in [3.8, 4) is 0 Å². The highest BCUT2D eigenvalue weighted by Gasteiger charge is 2.14. The van der Waals surface area contributed by atoms with Crippen molar-refractivity contribution in [1.29, 1.82) is 0 Å². The molecule has 0 radical (unpaired) electrons. The summed E-state index contributed by atoms with van der Waals surface area (Å²) in [5.41, 5.74) is 5.52. The van der Waals surface area contributed by atoms with E-state index < -0.39 is 0 Å². The fraction of sp³-hybridized carbons (Fsp3) is 0.172. The lowest BCUT2D eigenvalue weighted by atomic mass is 10.1. The highest BCUT2D eigenvalue weighted by Crippen LogP contribution is 2.23. The van der Waals surface area contributed by atoms with Crippen LogP contribution in [0.1, 0.15) is 27.2 Å². The molecule has 1 amide bonds. The fourth-order valence-corrected chi connectivity index (χ4v) is 3.80. The summed E-state index contributed by atoms with van der Waals surface area (Å²) < 4.78 is 0. The van der Waals surface area contributed by atoms with Crippen LogP contribution < -0.4 is 15.1 Å². The van der Waals surface area contributed by atoms with E-state index in [9.17, 15) is 4.79 Å². The quantitative estimate of drug-likeness (QED) is 0.362. The number of anilines is 3. The van der Waals surface area contributed by atoms with Gasteiger partial charge in [-0.25, -0.2) is 4.98 Å². The van der Waals surface area contributed by atoms with Crippen molar-refractivity contribution in [2.24, 2.45) is 0 Å². The Kier molecular flexibility index (Phi) is 7.23. The van der Waals surface area contributed by atoms with Gasteiger partial charge in [0.05, 0.1) is 11.4 Å². The molecule has 0 saturated carbocycles. The second-order valence-electron chi connectivity index (χ2n) is 8.53. The number of amides is 1. The number of aromatic nitrogens is 1. The number of hydrogen-bond donors (Lipinski definition) is 1. The van der Waals surface area contributed by atoms with E-state index in [0.717, 1.165) is 30.3 Å². The molecule has 1 heterocycles. The molecule has 0 spiro atoms. The third-order valence-corrected chi connectivity index (χ3v) is 5.70. The van der Waals surface area contributed by atoms with E-state index in [1.54, 1.807) is 0 Å². The number of aryl methyl sites for hydroxylation is 1. The Morgan fingerprint density at radius 3 is 1.97 bits per heavy atom. The SMILES string of the molecule is Cc1nc(N(Cc2ccccc2)Cc2ccccc2)ccc1NC(=O)c1cccc(N(C)C)c1. The van der Waals surface area contributed by atoms with Crippen LogP contribution in [-0.2, 0) is 13.1 Å². The molecule has 0 aliphatic carbocycles. The van der Waals surface area contributed by atoms with Crippen molar-refractivity contribution in [2.75, 3.05) is 29.2 Å². The van der Waals surface area contributed by atoms with E-state index in [1.807, 2.05) is 74.4 Å². The van der Waals surface area contributed by atoms with Crippen molar-refractivity contribution < 1.29 is 4.79 Å². The molecule has 4 aromatic rings. The maximum absolute atomic E-state index is 12.9. The molecule has 34 heavy (non-hydrogen) atoms. The van der Waals surface area contributed by atoms with Crippen LogP contribution in [0.4, 0.5) is 17.2 Å². The largest absolute Gasteiger partial charge is 0.378 e. The maximum Gasteiger partial charge on any atom is 0.255 e. The smallest absolute Gasteiger partial charge is 0.255 e. The van der Waals surface area contributed by atoms with E-state index in [2.05, 4.69) is 58.7 Å². The van der Waals surface area contributed by atoms with Crippen LogP contribution in [0, 0.1) is 6.92 Å². The first-order valence-electron chi connectivity index (χ1n) is 11.4. The zero-order chi connectivity index (χ0) is 23.9. The number of carbonyl (C=O) groups excluding carboxylic acids is 1. The van der Waals surface area contributed by atoms with Gasteiger partial charge < -0.3 is 15.1 Å². The molecule has 0 bridgehead atoms.